The average molecular weight is 1130 g/mol. The number of methoxy groups -OCH3 is 2. The third-order valence-corrected chi connectivity index (χ3v) is 15.3. The van der Waals surface area contributed by atoms with Gasteiger partial charge in [0, 0.05) is 40.5 Å². The maximum Gasteiger partial charge on any atom is 0.410 e. The van der Waals surface area contributed by atoms with Crippen molar-refractivity contribution in [1.29, 1.82) is 0 Å². The van der Waals surface area contributed by atoms with E-state index in [4.69, 9.17) is 25.7 Å². The van der Waals surface area contributed by atoms with Crippen LogP contribution in [0.5, 0.6) is 0 Å². The highest BCUT2D eigenvalue weighted by Gasteiger charge is 2.44. The first-order chi connectivity index (χ1) is 37.7. The predicted octanol–water partition coefficient (Wildman–Crippen LogP) is 3.59. The van der Waals surface area contributed by atoms with Crippen LogP contribution in [0.15, 0.2) is 54.6 Å². The van der Waals surface area contributed by atoms with E-state index in [1.54, 1.807) is 94.8 Å². The summed E-state index contributed by atoms with van der Waals surface area (Å²) in [5.41, 5.74) is 13.1. The van der Waals surface area contributed by atoms with Gasteiger partial charge in [-0.15, -0.1) is 0 Å². The van der Waals surface area contributed by atoms with Gasteiger partial charge in [0.1, 0.15) is 24.7 Å². The predicted molar refractivity (Wildman–Crippen MR) is 306 cm³/mol. The van der Waals surface area contributed by atoms with Gasteiger partial charge in [-0.3, -0.25) is 44.7 Å². The van der Waals surface area contributed by atoms with E-state index in [1.165, 1.54) is 26.2 Å². The maximum absolute atomic E-state index is 14.7. The molecular formula is C58H96N10O12. The third-order valence-electron chi connectivity index (χ3n) is 15.3. The smallest absolute Gasteiger partial charge is 0.410 e. The van der Waals surface area contributed by atoms with E-state index >= 15 is 0 Å². The van der Waals surface area contributed by atoms with Gasteiger partial charge in [0.15, 0.2) is 6.35 Å². The van der Waals surface area contributed by atoms with Crippen LogP contribution in [0.4, 0.5) is 10.5 Å². The Kier molecular flexibility index (Phi) is 28.5. The Bertz CT molecular complexity index is 2270. The zero-order valence-corrected chi connectivity index (χ0v) is 49.8. The molecule has 450 valence electrons. The first-order valence-corrected chi connectivity index (χ1v) is 28.2. The zero-order chi connectivity index (χ0) is 60.1. The Morgan fingerprint density at radius 1 is 0.762 bits per heavy atom. The summed E-state index contributed by atoms with van der Waals surface area (Å²) in [6, 6.07) is 10.2. The van der Waals surface area contributed by atoms with Crippen molar-refractivity contribution in [3.8, 4) is 0 Å². The Balaban J connectivity index is 1.70. The highest BCUT2D eigenvalue weighted by Crippen LogP contribution is 2.30. The Morgan fingerprint density at radius 3 is 1.95 bits per heavy atom. The monoisotopic (exact) mass is 1120 g/mol. The summed E-state index contributed by atoms with van der Waals surface area (Å²) in [6.07, 6.45) is -1.84. The van der Waals surface area contributed by atoms with Crippen LogP contribution in [0.3, 0.4) is 0 Å². The second-order valence-corrected chi connectivity index (χ2v) is 22.4. The van der Waals surface area contributed by atoms with Gasteiger partial charge in [0.25, 0.3) is 0 Å². The summed E-state index contributed by atoms with van der Waals surface area (Å²) in [5.74, 6) is -4.25. The summed E-state index contributed by atoms with van der Waals surface area (Å²) in [6.45, 7) is 18.8. The summed E-state index contributed by atoms with van der Waals surface area (Å²) in [5, 5.41) is 34.3. The third kappa shape index (κ3) is 19.8. The molecule has 1 unspecified atom stereocenters. The van der Waals surface area contributed by atoms with Gasteiger partial charge >= 0.3 is 6.09 Å². The minimum atomic E-state index is -1.23. The molecule has 0 radical (unpaired) electrons. The fourth-order valence-corrected chi connectivity index (χ4v) is 10.2. The Morgan fingerprint density at radius 2 is 1.40 bits per heavy atom. The lowest BCUT2D eigenvalue weighted by Gasteiger charge is -2.41. The van der Waals surface area contributed by atoms with Crippen LogP contribution in [0.25, 0.3) is 0 Å². The van der Waals surface area contributed by atoms with Crippen molar-refractivity contribution in [1.82, 2.24) is 36.0 Å². The van der Waals surface area contributed by atoms with Crippen LogP contribution in [0.2, 0.25) is 0 Å². The lowest BCUT2D eigenvalue weighted by Crippen LogP contribution is -2.60. The van der Waals surface area contributed by atoms with Crippen molar-refractivity contribution in [2.24, 2.45) is 41.1 Å². The number of ether oxygens (including phenoxy) is 3. The number of amides is 7. The molecule has 1 heterocycles. The van der Waals surface area contributed by atoms with Crippen molar-refractivity contribution < 1.29 is 58.0 Å². The van der Waals surface area contributed by atoms with Gasteiger partial charge in [-0.1, -0.05) is 111 Å². The van der Waals surface area contributed by atoms with E-state index in [-0.39, 0.29) is 43.1 Å². The summed E-state index contributed by atoms with van der Waals surface area (Å²) in [4.78, 5) is 101. The van der Waals surface area contributed by atoms with Gasteiger partial charge in [-0.25, -0.2) is 4.79 Å². The van der Waals surface area contributed by atoms with E-state index in [0.29, 0.717) is 55.6 Å². The topological polar surface area (TPSA) is 310 Å². The number of aliphatic hydroxyl groups excluding tert-OH is 2. The molecular weight excluding hydrogens is 1030 g/mol. The SMILES string of the molecule is CC[C@@H](C)[C@@H]([C@@H](CC(=O)N1CCC[C@H]1[C@H](OC)[C@@H](C)C(=O)N[C@H](C)[C@@H](O)c1ccccc1)OC)N(C)C(=O)[C@@H](NC(=O)[C@H](C(C)C)N(C)C(=O)OCc1ccc(NC(=O)[C@H](CCCNC(N)O)NC(=O)[C@@H](N)C(C)C)cc1)C(C)C. The number of rotatable bonds is 32. The summed E-state index contributed by atoms with van der Waals surface area (Å²) in [7, 11) is 6.13. The van der Waals surface area contributed by atoms with Crippen LogP contribution in [-0.2, 0) is 49.6 Å². The molecule has 22 heteroatoms. The molecule has 7 amide bonds. The number of nitrogens with two attached hydrogens (primary N) is 2. The van der Waals surface area contributed by atoms with Crippen molar-refractivity contribution >= 4 is 47.2 Å². The first-order valence-electron chi connectivity index (χ1n) is 28.2. The van der Waals surface area contributed by atoms with Crippen molar-refractivity contribution in [2.45, 2.75) is 181 Å². The average Bonchev–Trinajstić information content (AvgIpc) is 3.91. The summed E-state index contributed by atoms with van der Waals surface area (Å²) < 4.78 is 17.7. The number of likely N-dealkylation sites (N-methyl/N-ethyl adjacent to an activating group) is 2. The second kappa shape index (κ2) is 33.2. The number of nitrogens with one attached hydrogen (secondary N) is 5. The standard InChI is InChI=1S/C58H96N10O12/c1-15-36(8)49(44(78-13)31-45(69)68-30-20-24-43(68)51(79-14)37(9)52(71)62-38(10)50(70)40-21-17-16-18-22-40)66(11)56(75)47(34(4)5)65-55(74)48(35(6)7)67(12)58(77)80-32-39-25-27-41(28-26-39)63-53(72)42(23-19-29-61-57(60)76)64-54(73)46(59)33(2)3/h16-18,21-22,25-28,33-38,42-44,46-51,57,61,70,76H,15,19-20,23-24,29-32,59-60H2,1-14H3,(H,62,71)(H,63,72)(H,64,73)(H,65,74)/t36-,37-,38-,42+,43+,44-,46+,47+,48+,49+,50-,51-,57?/m1/s1. The van der Waals surface area contributed by atoms with E-state index in [2.05, 4.69) is 26.6 Å². The molecule has 1 saturated heterocycles. The number of likely N-dealkylation sites (tertiary alicyclic amines) is 1. The molecule has 1 aliphatic rings. The highest BCUT2D eigenvalue weighted by molar-refractivity contribution is 5.98. The van der Waals surface area contributed by atoms with Gasteiger partial charge in [0.2, 0.25) is 35.4 Å². The molecule has 22 nitrogen and oxygen atoms in total. The number of hydrogen-bond acceptors (Lipinski definition) is 15. The molecule has 80 heavy (non-hydrogen) atoms. The molecule has 1 fully saturated rings. The van der Waals surface area contributed by atoms with E-state index in [9.17, 15) is 43.8 Å². The Labute approximate surface area is 474 Å². The fourth-order valence-electron chi connectivity index (χ4n) is 10.2. The quantitative estimate of drug-likeness (QED) is 0.0374. The van der Waals surface area contributed by atoms with Crippen LogP contribution < -0.4 is 38.1 Å². The van der Waals surface area contributed by atoms with Gasteiger partial charge in [0.05, 0.1) is 54.8 Å². The number of hydrogen-bond donors (Lipinski definition) is 9. The van der Waals surface area contributed by atoms with Crippen molar-refractivity contribution in [2.75, 3.05) is 46.7 Å². The molecule has 0 aromatic heterocycles. The second-order valence-electron chi connectivity index (χ2n) is 22.4. The van der Waals surface area contributed by atoms with Crippen LogP contribution >= 0.6 is 0 Å². The maximum atomic E-state index is 14.7. The lowest BCUT2D eigenvalue weighted by atomic mass is 9.89. The first kappa shape index (κ1) is 68.5. The molecule has 1 aliphatic heterocycles. The highest BCUT2D eigenvalue weighted by atomic mass is 16.6. The molecule has 0 aliphatic carbocycles. The van der Waals surface area contributed by atoms with Crippen molar-refractivity contribution in [3.63, 3.8) is 0 Å². The van der Waals surface area contributed by atoms with Gasteiger partial charge in [-0.05, 0) is 86.1 Å². The fraction of sp³-hybridized carbons (Fsp3) is 0.672. The molecule has 11 N–H and O–H groups in total. The summed E-state index contributed by atoms with van der Waals surface area (Å²) >= 11 is 0. The van der Waals surface area contributed by atoms with E-state index in [0.717, 1.165) is 0 Å². The normalized spacial score (nSPS) is 18.1. The number of aliphatic hydroxyl groups is 2. The molecule has 0 bridgehead atoms. The molecule has 2 aromatic rings. The number of nitrogens with zero attached hydrogens (tertiary/aromatic N) is 3. The molecule has 0 saturated carbocycles. The molecule has 13 atom stereocenters. The van der Waals surface area contributed by atoms with E-state index in [1.807, 2.05) is 45.9 Å². The minimum Gasteiger partial charge on any atom is -0.445 e. The Hall–Kier alpha value is -5.75. The van der Waals surface area contributed by atoms with Crippen molar-refractivity contribution in [3.05, 3.63) is 65.7 Å². The van der Waals surface area contributed by atoms with Gasteiger partial charge in [-0.2, -0.15) is 0 Å². The number of anilines is 1. The number of benzene rings is 2. The zero-order valence-electron chi connectivity index (χ0n) is 49.8. The number of carbonyl (C=O) groups is 7. The number of carbonyl (C=O) groups excluding carboxylic acids is 7. The largest absolute Gasteiger partial charge is 0.445 e. The van der Waals surface area contributed by atoms with Crippen LogP contribution in [0, 0.1) is 29.6 Å². The lowest BCUT2D eigenvalue weighted by molar-refractivity contribution is -0.148. The molecule has 0 spiro atoms. The van der Waals surface area contributed by atoms with E-state index < -0.39 is 114 Å². The van der Waals surface area contributed by atoms with Crippen LogP contribution in [0.1, 0.15) is 125 Å². The van der Waals surface area contributed by atoms with Crippen LogP contribution in [-0.4, -0.2) is 169 Å². The molecule has 3 rings (SSSR count). The minimum absolute atomic E-state index is 0.0727. The van der Waals surface area contributed by atoms with Gasteiger partial charge < -0.3 is 61.2 Å². The molecule has 2 aromatic carbocycles.